The summed E-state index contributed by atoms with van der Waals surface area (Å²) in [5, 5.41) is 0. The molecule has 38 heavy (non-hydrogen) atoms. The number of imide groups is 1. The van der Waals surface area contributed by atoms with Crippen molar-refractivity contribution in [1.82, 2.24) is 4.90 Å². The smallest absolute Gasteiger partial charge is 0.338 e. The molecule has 0 aliphatic carbocycles. The summed E-state index contributed by atoms with van der Waals surface area (Å²) >= 11 is 0. The van der Waals surface area contributed by atoms with Crippen LogP contribution < -0.4 is 9.80 Å². The highest BCUT2D eigenvalue weighted by Crippen LogP contribution is 2.28. The predicted molar refractivity (Wildman–Crippen MR) is 139 cm³/mol. The third-order valence-electron chi connectivity index (χ3n) is 6.86. The molecule has 0 saturated carbocycles. The first kappa shape index (κ1) is 25.3. The normalized spacial score (nSPS) is 18.1. The number of carbonyl (C=O) groups excluding carboxylic acids is 4. The highest BCUT2D eigenvalue weighted by Gasteiger charge is 2.43. The van der Waals surface area contributed by atoms with Gasteiger partial charge in [0.1, 0.15) is 5.82 Å². The number of hydrogen-bond donors (Lipinski definition) is 0. The third kappa shape index (κ3) is 5.19. The Morgan fingerprint density at radius 3 is 2.16 bits per heavy atom. The quantitative estimate of drug-likeness (QED) is 0.271. The van der Waals surface area contributed by atoms with Crippen LogP contribution in [0.5, 0.6) is 0 Å². The van der Waals surface area contributed by atoms with Crippen LogP contribution in [0.3, 0.4) is 0 Å². The van der Waals surface area contributed by atoms with Crippen LogP contribution in [-0.4, -0.2) is 67.3 Å². The lowest BCUT2D eigenvalue weighted by atomic mass is 10.1. The van der Waals surface area contributed by atoms with Gasteiger partial charge in [-0.1, -0.05) is 42.5 Å². The molecule has 2 aliphatic heterocycles. The number of para-hydroxylation sites is 1. The fourth-order valence-corrected chi connectivity index (χ4v) is 4.82. The van der Waals surface area contributed by atoms with Crippen molar-refractivity contribution in [2.24, 2.45) is 0 Å². The molecular weight excluding hydrogens is 489 g/mol. The molecule has 3 aromatic rings. The monoisotopic (exact) mass is 515 g/mol. The minimum atomic E-state index is -0.675. The number of rotatable bonds is 7. The molecule has 1 unspecified atom stereocenters. The lowest BCUT2D eigenvalue weighted by Gasteiger charge is -2.38. The molecule has 0 spiro atoms. The summed E-state index contributed by atoms with van der Waals surface area (Å²) in [5.41, 5.74) is 1.55. The Morgan fingerprint density at radius 2 is 1.47 bits per heavy atom. The molecule has 9 heteroatoms. The summed E-state index contributed by atoms with van der Waals surface area (Å²) < 4.78 is 19.3. The Hall–Kier alpha value is -4.37. The largest absolute Gasteiger partial charge is 0.454 e. The molecule has 0 N–H and O–H groups in total. The Labute approximate surface area is 219 Å². The molecule has 194 valence electrons. The second-order valence-corrected chi connectivity index (χ2v) is 9.17. The third-order valence-corrected chi connectivity index (χ3v) is 6.86. The van der Waals surface area contributed by atoms with E-state index in [9.17, 15) is 23.6 Å². The number of anilines is 2. The highest BCUT2D eigenvalue weighted by atomic mass is 19.1. The van der Waals surface area contributed by atoms with Gasteiger partial charge in [0.25, 0.3) is 5.91 Å². The van der Waals surface area contributed by atoms with Crippen LogP contribution in [0, 0.1) is 5.82 Å². The van der Waals surface area contributed by atoms with E-state index in [0.29, 0.717) is 43.1 Å². The van der Waals surface area contributed by atoms with Crippen molar-refractivity contribution in [1.29, 1.82) is 0 Å². The Bertz CT molecular complexity index is 1350. The fourth-order valence-electron chi connectivity index (χ4n) is 4.82. The van der Waals surface area contributed by atoms with E-state index in [4.69, 9.17) is 4.74 Å². The summed E-state index contributed by atoms with van der Waals surface area (Å²) in [7, 11) is 0. The molecule has 0 aromatic heterocycles. The second kappa shape index (κ2) is 10.9. The fraction of sp³-hybridized carbons (Fsp3) is 0.241. The van der Waals surface area contributed by atoms with E-state index in [1.165, 1.54) is 30.3 Å². The average Bonchev–Trinajstić information content (AvgIpc) is 3.25. The minimum Gasteiger partial charge on any atom is -0.454 e. The van der Waals surface area contributed by atoms with Gasteiger partial charge in [-0.05, 0) is 36.4 Å². The Kier molecular flexibility index (Phi) is 7.28. The van der Waals surface area contributed by atoms with Crippen molar-refractivity contribution < 1.29 is 28.3 Å². The summed E-state index contributed by atoms with van der Waals surface area (Å²) in [6, 6.07) is 20.5. The van der Waals surface area contributed by atoms with Gasteiger partial charge in [0.2, 0.25) is 5.91 Å². The van der Waals surface area contributed by atoms with Crippen LogP contribution in [0.4, 0.5) is 15.8 Å². The number of amides is 2. The summed E-state index contributed by atoms with van der Waals surface area (Å²) in [4.78, 5) is 55.6. The maximum absolute atomic E-state index is 14.1. The molecule has 2 amide bonds. The van der Waals surface area contributed by atoms with Crippen LogP contribution in [0.2, 0.25) is 0 Å². The number of Topliss-reactive ketones (excluding diaryl/α,β-unsaturated/α-hetero) is 1. The van der Waals surface area contributed by atoms with Crippen molar-refractivity contribution in [3.8, 4) is 0 Å². The van der Waals surface area contributed by atoms with Crippen LogP contribution in [-0.2, 0) is 14.3 Å². The van der Waals surface area contributed by atoms with Crippen molar-refractivity contribution >= 4 is 34.9 Å². The number of hydrogen-bond acceptors (Lipinski definition) is 7. The van der Waals surface area contributed by atoms with Gasteiger partial charge in [-0.25, -0.2) is 14.1 Å². The SMILES string of the molecule is O=C(COC(=O)c1ccc(N2C(=O)CC(N3CCN(c4ccccc4F)CC3)C2=O)cc1)c1ccccc1. The van der Waals surface area contributed by atoms with E-state index in [1.54, 1.807) is 48.5 Å². The number of ketones is 1. The Morgan fingerprint density at radius 1 is 0.816 bits per heavy atom. The zero-order chi connectivity index (χ0) is 26.6. The topological polar surface area (TPSA) is 87.2 Å². The van der Waals surface area contributed by atoms with Gasteiger partial charge in [0, 0.05) is 31.7 Å². The van der Waals surface area contributed by atoms with Gasteiger partial charge in [0.15, 0.2) is 12.4 Å². The molecule has 2 heterocycles. The molecule has 3 aromatic carbocycles. The molecular formula is C29H26FN3O5. The standard InChI is InChI=1S/C29H26FN3O5/c30-23-8-4-5-9-24(23)31-14-16-32(17-15-31)25-18-27(35)33(28(25)36)22-12-10-21(11-13-22)29(37)38-19-26(34)20-6-2-1-3-7-20/h1-13,25H,14-19H2. The zero-order valence-corrected chi connectivity index (χ0v) is 20.6. The van der Waals surface area contributed by atoms with E-state index >= 15 is 0 Å². The Balaban J connectivity index is 1.18. The van der Waals surface area contributed by atoms with Gasteiger partial charge in [0.05, 0.1) is 29.4 Å². The number of carbonyl (C=O) groups is 4. The van der Waals surface area contributed by atoms with Crippen LogP contribution >= 0.6 is 0 Å². The molecule has 1 atom stereocenters. The number of halogens is 1. The van der Waals surface area contributed by atoms with Gasteiger partial charge in [-0.2, -0.15) is 0 Å². The molecule has 0 radical (unpaired) electrons. The highest BCUT2D eigenvalue weighted by molar-refractivity contribution is 6.22. The van der Waals surface area contributed by atoms with E-state index in [0.717, 1.165) is 4.90 Å². The van der Waals surface area contributed by atoms with Gasteiger partial charge < -0.3 is 9.64 Å². The van der Waals surface area contributed by atoms with E-state index < -0.39 is 12.0 Å². The number of nitrogens with zero attached hydrogens (tertiary/aromatic N) is 3. The first-order valence-electron chi connectivity index (χ1n) is 12.4. The van der Waals surface area contributed by atoms with Gasteiger partial charge in [-0.15, -0.1) is 0 Å². The number of ether oxygens (including phenoxy) is 1. The summed E-state index contributed by atoms with van der Waals surface area (Å²) in [6.07, 6.45) is 0.0594. The first-order chi connectivity index (χ1) is 18.4. The maximum atomic E-state index is 14.1. The van der Waals surface area contributed by atoms with Gasteiger partial charge in [-0.3, -0.25) is 19.3 Å². The van der Waals surface area contributed by atoms with Crippen molar-refractivity contribution in [2.45, 2.75) is 12.5 Å². The van der Waals surface area contributed by atoms with Crippen LogP contribution in [0.25, 0.3) is 0 Å². The van der Waals surface area contributed by atoms with Crippen molar-refractivity contribution in [3.05, 3.63) is 95.8 Å². The van der Waals surface area contributed by atoms with E-state index in [-0.39, 0.29) is 42.0 Å². The molecule has 8 nitrogen and oxygen atoms in total. The zero-order valence-electron chi connectivity index (χ0n) is 20.6. The first-order valence-corrected chi connectivity index (χ1v) is 12.4. The van der Waals surface area contributed by atoms with Gasteiger partial charge >= 0.3 is 5.97 Å². The average molecular weight is 516 g/mol. The summed E-state index contributed by atoms with van der Waals surface area (Å²) in [6.45, 7) is 1.75. The van der Waals surface area contributed by atoms with Crippen LogP contribution in [0.1, 0.15) is 27.1 Å². The molecule has 2 aliphatic rings. The number of esters is 1. The van der Waals surface area contributed by atoms with E-state index in [1.807, 2.05) is 9.80 Å². The van der Waals surface area contributed by atoms with Crippen molar-refractivity contribution in [3.63, 3.8) is 0 Å². The van der Waals surface area contributed by atoms with E-state index in [2.05, 4.69) is 0 Å². The predicted octanol–water partition coefficient (Wildman–Crippen LogP) is 3.32. The minimum absolute atomic E-state index is 0.0594. The van der Waals surface area contributed by atoms with Crippen molar-refractivity contribution in [2.75, 3.05) is 42.6 Å². The summed E-state index contributed by atoms with van der Waals surface area (Å²) in [5.74, 6) is -1.91. The molecule has 2 fully saturated rings. The maximum Gasteiger partial charge on any atom is 0.338 e. The lowest BCUT2D eigenvalue weighted by Crippen LogP contribution is -2.52. The lowest BCUT2D eigenvalue weighted by molar-refractivity contribution is -0.123. The molecule has 2 saturated heterocycles. The number of benzene rings is 3. The molecule has 0 bridgehead atoms. The molecule has 5 rings (SSSR count). The van der Waals surface area contributed by atoms with Crippen LogP contribution in [0.15, 0.2) is 78.9 Å². The second-order valence-electron chi connectivity index (χ2n) is 9.17. The number of piperazine rings is 1.